The van der Waals surface area contributed by atoms with Gasteiger partial charge in [-0.1, -0.05) is 43.8 Å². The number of fused-ring (bicyclic) bond motifs is 1. The molecule has 2 aromatic heterocycles. The van der Waals surface area contributed by atoms with Gasteiger partial charge in [-0.2, -0.15) is 0 Å². The maximum absolute atomic E-state index is 4.67. The highest BCUT2D eigenvalue weighted by atomic mass is 32.2. The Morgan fingerprint density at radius 2 is 1.84 bits per heavy atom. The topological polar surface area (TPSA) is 44.8 Å². The van der Waals surface area contributed by atoms with Crippen LogP contribution in [0.25, 0.3) is 11.2 Å². The van der Waals surface area contributed by atoms with Gasteiger partial charge in [0.1, 0.15) is 0 Å². The zero-order valence-electron chi connectivity index (χ0n) is 15.1. The second-order valence-electron chi connectivity index (χ2n) is 6.58. The Balaban J connectivity index is 1.72. The minimum absolute atomic E-state index is 0.657. The quantitative estimate of drug-likeness (QED) is 0.587. The molecule has 0 aliphatic rings. The molecule has 0 aliphatic heterocycles. The van der Waals surface area contributed by atoms with Gasteiger partial charge in [0.15, 0.2) is 10.8 Å². The Morgan fingerprint density at radius 1 is 1.04 bits per heavy atom. The van der Waals surface area contributed by atoms with Crippen molar-refractivity contribution in [2.45, 2.75) is 29.8 Å². The summed E-state index contributed by atoms with van der Waals surface area (Å²) >= 11 is 3.51. The molecule has 0 atom stereocenters. The fourth-order valence-electron chi connectivity index (χ4n) is 2.47. The molecule has 1 aromatic carbocycles. The third-order valence-corrected chi connectivity index (χ3v) is 5.98. The molecule has 3 aromatic rings. The van der Waals surface area contributed by atoms with Crippen molar-refractivity contribution in [2.24, 2.45) is 5.92 Å². The van der Waals surface area contributed by atoms with Crippen molar-refractivity contribution < 1.29 is 0 Å². The molecule has 25 heavy (non-hydrogen) atoms. The van der Waals surface area contributed by atoms with Gasteiger partial charge < -0.3 is 9.88 Å². The van der Waals surface area contributed by atoms with Crippen molar-refractivity contribution >= 4 is 40.4 Å². The van der Waals surface area contributed by atoms with Crippen molar-refractivity contribution in [2.75, 3.05) is 24.7 Å². The molecule has 3 rings (SSSR count). The molecular weight excluding hydrogens is 348 g/mol. The van der Waals surface area contributed by atoms with Gasteiger partial charge in [-0.3, -0.25) is 0 Å². The number of nitrogens with zero attached hydrogens (tertiary/aromatic N) is 3. The molecule has 0 radical (unpaired) electrons. The summed E-state index contributed by atoms with van der Waals surface area (Å²) in [7, 11) is 4.15. The van der Waals surface area contributed by atoms with Crippen LogP contribution in [-0.2, 0) is 5.75 Å². The molecule has 0 aliphatic carbocycles. The highest BCUT2D eigenvalue weighted by molar-refractivity contribution is 7.99. The van der Waals surface area contributed by atoms with Crippen LogP contribution >= 0.6 is 23.5 Å². The van der Waals surface area contributed by atoms with E-state index in [9.17, 15) is 0 Å². The molecule has 0 saturated heterocycles. The Morgan fingerprint density at radius 3 is 2.60 bits per heavy atom. The summed E-state index contributed by atoms with van der Waals surface area (Å²) in [5, 5.41) is 1.96. The molecule has 0 fully saturated rings. The number of H-pyrrole nitrogens is 1. The van der Waals surface area contributed by atoms with Crippen LogP contribution in [0.2, 0.25) is 0 Å². The van der Waals surface area contributed by atoms with Crippen LogP contribution in [0.15, 0.2) is 46.6 Å². The van der Waals surface area contributed by atoms with E-state index in [1.54, 1.807) is 23.5 Å². The first kappa shape index (κ1) is 18.1. The van der Waals surface area contributed by atoms with Crippen molar-refractivity contribution in [1.29, 1.82) is 0 Å². The maximum atomic E-state index is 4.67. The van der Waals surface area contributed by atoms with Gasteiger partial charge >= 0.3 is 0 Å². The molecule has 0 saturated carbocycles. The van der Waals surface area contributed by atoms with Crippen LogP contribution in [-0.4, -0.2) is 34.8 Å². The highest BCUT2D eigenvalue weighted by Gasteiger charge is 2.09. The number of thioether (sulfide) groups is 2. The summed E-state index contributed by atoms with van der Waals surface area (Å²) in [6.45, 7) is 4.45. The van der Waals surface area contributed by atoms with Crippen molar-refractivity contribution in [3.8, 4) is 0 Å². The smallest absolute Gasteiger partial charge is 0.179 e. The van der Waals surface area contributed by atoms with Crippen molar-refractivity contribution in [1.82, 2.24) is 15.0 Å². The molecule has 132 valence electrons. The Kier molecular flexibility index (Phi) is 5.91. The van der Waals surface area contributed by atoms with Crippen LogP contribution in [0.3, 0.4) is 0 Å². The number of benzene rings is 1. The zero-order chi connectivity index (χ0) is 17.8. The summed E-state index contributed by atoms with van der Waals surface area (Å²) in [6.07, 6.45) is 0. The lowest BCUT2D eigenvalue weighted by atomic mass is 10.2. The highest BCUT2D eigenvalue weighted by Crippen LogP contribution is 2.28. The minimum atomic E-state index is 0.657. The number of aromatic amines is 1. The number of aromatic nitrogens is 3. The first-order valence-electron chi connectivity index (χ1n) is 8.40. The molecule has 6 heteroatoms. The van der Waals surface area contributed by atoms with Crippen molar-refractivity contribution in [3.05, 3.63) is 42.0 Å². The lowest BCUT2D eigenvalue weighted by Crippen LogP contribution is -2.10. The largest absolute Gasteiger partial charge is 0.377 e. The second-order valence-corrected chi connectivity index (χ2v) is 8.58. The van der Waals surface area contributed by atoms with E-state index in [1.807, 2.05) is 0 Å². The third kappa shape index (κ3) is 4.70. The molecule has 1 N–H and O–H groups in total. The number of rotatable bonds is 7. The standard InChI is InChI=1S/C19H24N4S2/c1-13(2)11-24-17-10-9-15-18(21-17)22-19(20-15)25-12-14-7-5-6-8-16(14)23(3)4/h5-10,13H,11-12H2,1-4H3,(H,20,21,22). The van der Waals surface area contributed by atoms with Crippen molar-refractivity contribution in [3.63, 3.8) is 0 Å². The summed E-state index contributed by atoms with van der Waals surface area (Å²) in [5.41, 5.74) is 4.35. The molecule has 4 nitrogen and oxygen atoms in total. The third-order valence-electron chi connectivity index (χ3n) is 3.70. The van der Waals surface area contributed by atoms with Crippen LogP contribution in [0.4, 0.5) is 5.69 Å². The van der Waals surface area contributed by atoms with Gasteiger partial charge in [-0.15, -0.1) is 11.8 Å². The van der Waals surface area contributed by atoms with Gasteiger partial charge in [0.05, 0.1) is 10.5 Å². The summed E-state index contributed by atoms with van der Waals surface area (Å²) in [5.74, 6) is 2.61. The number of hydrogen-bond acceptors (Lipinski definition) is 5. The molecular formula is C19H24N4S2. The number of nitrogens with one attached hydrogen (secondary N) is 1. The van der Waals surface area contributed by atoms with Crippen LogP contribution in [0.1, 0.15) is 19.4 Å². The normalized spacial score (nSPS) is 11.4. The van der Waals surface area contributed by atoms with Crippen LogP contribution in [0.5, 0.6) is 0 Å². The van der Waals surface area contributed by atoms with E-state index in [-0.39, 0.29) is 0 Å². The fraction of sp³-hybridized carbons (Fsp3) is 0.368. The van der Waals surface area contributed by atoms with Gasteiger partial charge in [-0.25, -0.2) is 9.97 Å². The summed E-state index contributed by atoms with van der Waals surface area (Å²) in [6, 6.07) is 12.6. The lowest BCUT2D eigenvalue weighted by molar-refractivity contribution is 0.749. The second kappa shape index (κ2) is 8.15. The Labute approximate surface area is 157 Å². The number of imidazole rings is 1. The molecule has 0 spiro atoms. The van der Waals surface area contributed by atoms with Gasteiger partial charge in [-0.05, 0) is 29.7 Å². The van der Waals surface area contributed by atoms with E-state index < -0.39 is 0 Å². The Hall–Kier alpha value is -1.66. The first-order chi connectivity index (χ1) is 12.0. The Bertz CT molecular complexity index is 842. The van der Waals surface area contributed by atoms with Gasteiger partial charge in [0.2, 0.25) is 0 Å². The average molecular weight is 373 g/mol. The van der Waals surface area contributed by atoms with Gasteiger partial charge in [0, 0.05) is 31.3 Å². The van der Waals surface area contributed by atoms with Crippen LogP contribution < -0.4 is 4.90 Å². The van der Waals surface area contributed by atoms with E-state index in [1.165, 1.54) is 11.3 Å². The number of hydrogen-bond donors (Lipinski definition) is 1. The fourth-order valence-corrected chi connectivity index (χ4v) is 4.16. The first-order valence-corrected chi connectivity index (χ1v) is 10.4. The summed E-state index contributed by atoms with van der Waals surface area (Å²) < 4.78 is 0. The zero-order valence-corrected chi connectivity index (χ0v) is 16.7. The molecule has 0 bridgehead atoms. The number of pyridine rings is 1. The van der Waals surface area contributed by atoms with Gasteiger partial charge in [0.25, 0.3) is 0 Å². The monoisotopic (exact) mass is 372 g/mol. The van der Waals surface area contributed by atoms with E-state index in [0.29, 0.717) is 5.92 Å². The van der Waals surface area contributed by atoms with E-state index >= 15 is 0 Å². The van der Waals surface area contributed by atoms with E-state index in [4.69, 9.17) is 0 Å². The number of para-hydroxylation sites is 1. The maximum Gasteiger partial charge on any atom is 0.179 e. The van der Waals surface area contributed by atoms with E-state index in [0.717, 1.165) is 32.9 Å². The molecule has 0 unspecified atom stereocenters. The minimum Gasteiger partial charge on any atom is -0.377 e. The van der Waals surface area contributed by atoms with E-state index in [2.05, 4.69) is 84.2 Å². The predicted octanol–water partition coefficient (Wildman–Crippen LogP) is 5.06. The predicted molar refractivity (Wildman–Crippen MR) is 110 cm³/mol. The van der Waals surface area contributed by atoms with Crippen LogP contribution in [0, 0.1) is 5.92 Å². The molecule has 0 amide bonds. The SMILES string of the molecule is CC(C)CSc1ccc2[nH]c(SCc3ccccc3N(C)C)nc2n1. The lowest BCUT2D eigenvalue weighted by Gasteiger charge is -2.16. The molecule has 2 heterocycles. The number of anilines is 1. The summed E-state index contributed by atoms with van der Waals surface area (Å²) in [4.78, 5) is 14.8. The average Bonchev–Trinajstić information content (AvgIpc) is 3.00.